The van der Waals surface area contributed by atoms with Gasteiger partial charge in [0.2, 0.25) is 5.78 Å². The molecule has 0 aliphatic carbocycles. The van der Waals surface area contributed by atoms with Crippen LogP contribution in [0.3, 0.4) is 0 Å². The van der Waals surface area contributed by atoms with Gasteiger partial charge in [0.05, 0.1) is 18.5 Å². The van der Waals surface area contributed by atoms with E-state index in [4.69, 9.17) is 9.57 Å². The summed E-state index contributed by atoms with van der Waals surface area (Å²) in [5.74, 6) is 0.941. The smallest absolute Gasteiger partial charge is 0.497 e. The van der Waals surface area contributed by atoms with E-state index in [0.29, 0.717) is 63.0 Å². The molecule has 10 nitrogen and oxygen atoms in total. The third-order valence-corrected chi connectivity index (χ3v) is 7.03. The number of hydroxylamine groups is 1. The summed E-state index contributed by atoms with van der Waals surface area (Å²) in [4.78, 5) is 27.3. The standard InChI is InChI=1S/C30H27FN6O4.K/c1-3-6-26-24(28(38)36(29-32-17-33-37(26)29)20-11-13-21(40-2)14-12-20)15-19-10-9-18(16-25(19)31)22-7-4-5-8-23(22)27-34-30(39)41-35-27;/h4-5,7-14,16-17,30,39H,3,6,15H2,1-2H3,(H,34,35);/q;+1. The molecule has 2 aromatic heterocycles. The molecule has 0 radical (unpaired) electrons. The molecular weight excluding hydrogens is 566 g/mol. The van der Waals surface area contributed by atoms with Crippen molar-refractivity contribution in [3.05, 3.63) is 112 Å². The fourth-order valence-corrected chi connectivity index (χ4v) is 5.08. The number of amidine groups is 1. The molecule has 3 aromatic carbocycles. The molecule has 0 bridgehead atoms. The largest absolute Gasteiger partial charge is 1.00 e. The van der Waals surface area contributed by atoms with Crippen molar-refractivity contribution in [2.75, 3.05) is 7.11 Å². The van der Waals surface area contributed by atoms with Crippen LogP contribution >= 0.6 is 0 Å². The minimum Gasteiger partial charge on any atom is -0.497 e. The van der Waals surface area contributed by atoms with Gasteiger partial charge in [0.15, 0.2) is 5.84 Å². The van der Waals surface area contributed by atoms with Crippen LogP contribution < -0.4 is 67.2 Å². The molecule has 0 saturated heterocycles. The summed E-state index contributed by atoms with van der Waals surface area (Å²) in [5, 5.41) is 14.0. The number of aliphatic hydroxyl groups excluding tert-OH is 1. The second-order valence-corrected chi connectivity index (χ2v) is 9.54. The van der Waals surface area contributed by atoms with Gasteiger partial charge in [0.1, 0.15) is 17.9 Å². The minimum absolute atomic E-state index is 0. The first-order chi connectivity index (χ1) is 20.0. The fourth-order valence-electron chi connectivity index (χ4n) is 5.08. The molecule has 5 aromatic rings. The second-order valence-electron chi connectivity index (χ2n) is 9.54. The van der Waals surface area contributed by atoms with Crippen LogP contribution in [0.2, 0.25) is 0 Å². The summed E-state index contributed by atoms with van der Waals surface area (Å²) < 4.78 is 24.2. The first-order valence-corrected chi connectivity index (χ1v) is 13.1. The van der Waals surface area contributed by atoms with E-state index in [1.54, 1.807) is 54.1 Å². The topological polar surface area (TPSA) is 115 Å². The molecule has 0 amide bonds. The van der Waals surface area contributed by atoms with E-state index in [-0.39, 0.29) is 63.4 Å². The van der Waals surface area contributed by atoms with Crippen molar-refractivity contribution in [1.82, 2.24) is 24.6 Å². The van der Waals surface area contributed by atoms with Gasteiger partial charge >= 0.3 is 51.4 Å². The van der Waals surface area contributed by atoms with Crippen LogP contribution in [0, 0.1) is 5.82 Å². The van der Waals surface area contributed by atoms with Gasteiger partial charge in [0.25, 0.3) is 12.0 Å². The molecule has 12 heteroatoms. The van der Waals surface area contributed by atoms with Crippen molar-refractivity contribution < 1.29 is 70.5 Å². The maximum atomic E-state index is 15.7. The third kappa shape index (κ3) is 5.71. The zero-order valence-corrected chi connectivity index (χ0v) is 26.5. The van der Waals surface area contributed by atoms with Gasteiger partial charge in [0, 0.05) is 17.5 Å². The zero-order valence-electron chi connectivity index (χ0n) is 23.4. The number of methoxy groups -OCH3 is 1. The molecule has 1 aliphatic heterocycles. The molecule has 1 atom stereocenters. The maximum Gasteiger partial charge on any atom is 1.00 e. The SMILES string of the molecule is CCCc1c(Cc2ccc(-c3ccccc3C3=NC(O)ON3)cc2F)c(=O)n(-c2ccc(OC)cc2)c2ncnn12.[K+]. The predicted octanol–water partition coefficient (Wildman–Crippen LogP) is 0.799. The molecule has 0 spiro atoms. The molecule has 1 unspecified atom stereocenters. The number of hydrogen-bond donors (Lipinski definition) is 2. The quantitative estimate of drug-likeness (QED) is 0.256. The second kappa shape index (κ2) is 13.0. The van der Waals surface area contributed by atoms with Gasteiger partial charge in [-0.1, -0.05) is 49.7 Å². The van der Waals surface area contributed by atoms with Gasteiger partial charge in [-0.25, -0.2) is 28.8 Å². The summed E-state index contributed by atoms with van der Waals surface area (Å²) in [5.41, 5.74) is 6.42. The van der Waals surface area contributed by atoms with Crippen molar-refractivity contribution in [2.24, 2.45) is 4.99 Å². The summed E-state index contributed by atoms with van der Waals surface area (Å²) in [7, 11) is 1.58. The number of rotatable bonds is 8. The van der Waals surface area contributed by atoms with Crippen LogP contribution in [0.1, 0.15) is 35.7 Å². The summed E-state index contributed by atoms with van der Waals surface area (Å²) >= 11 is 0. The number of nitrogens with one attached hydrogen (secondary N) is 1. The summed E-state index contributed by atoms with van der Waals surface area (Å²) in [6, 6.07) is 19.3. The number of hydrogen-bond acceptors (Lipinski definition) is 8. The molecule has 1 aliphatic rings. The monoisotopic (exact) mass is 593 g/mol. The molecule has 42 heavy (non-hydrogen) atoms. The molecule has 3 heterocycles. The number of aliphatic imine (C=N–C) groups is 1. The van der Waals surface area contributed by atoms with Gasteiger partial charge in [-0.2, -0.15) is 10.1 Å². The van der Waals surface area contributed by atoms with E-state index in [9.17, 15) is 9.90 Å². The van der Waals surface area contributed by atoms with Gasteiger partial charge < -0.3 is 9.84 Å². The van der Waals surface area contributed by atoms with Crippen molar-refractivity contribution in [3.8, 4) is 22.6 Å². The van der Waals surface area contributed by atoms with Crippen molar-refractivity contribution in [1.29, 1.82) is 0 Å². The van der Waals surface area contributed by atoms with E-state index >= 15 is 4.39 Å². The van der Waals surface area contributed by atoms with Crippen LogP contribution in [0.4, 0.5) is 4.39 Å². The Hall–Kier alpha value is -3.23. The summed E-state index contributed by atoms with van der Waals surface area (Å²) in [6.45, 7) is 2.02. The Morgan fingerprint density at radius 2 is 1.86 bits per heavy atom. The van der Waals surface area contributed by atoms with Crippen LogP contribution in [0.25, 0.3) is 22.6 Å². The first kappa shape index (κ1) is 30.2. The minimum atomic E-state index is -1.31. The first-order valence-electron chi connectivity index (χ1n) is 13.1. The third-order valence-electron chi connectivity index (χ3n) is 7.03. The Labute approximate surface area is 283 Å². The van der Waals surface area contributed by atoms with Gasteiger partial charge in [-0.3, -0.25) is 4.79 Å². The molecular formula is C30H27FKN6O4+. The van der Waals surface area contributed by atoms with Gasteiger partial charge in [-0.15, -0.1) is 0 Å². The number of benzene rings is 3. The average molecular weight is 594 g/mol. The normalized spacial score (nSPS) is 14.4. The molecule has 208 valence electrons. The number of fused-ring (bicyclic) bond motifs is 1. The maximum absolute atomic E-state index is 15.7. The van der Waals surface area contributed by atoms with Crippen LogP contribution in [0.15, 0.2) is 82.8 Å². The molecule has 0 fully saturated rings. The fraction of sp³-hybridized carbons (Fsp3) is 0.200. The number of nitrogens with zero attached hydrogens (tertiary/aromatic N) is 5. The number of ether oxygens (including phenoxy) is 1. The number of halogens is 1. The Kier molecular flexibility index (Phi) is 9.33. The summed E-state index contributed by atoms with van der Waals surface area (Å²) in [6.07, 6.45) is 1.52. The predicted molar refractivity (Wildman–Crippen MR) is 151 cm³/mol. The van der Waals surface area contributed by atoms with Crippen molar-refractivity contribution in [2.45, 2.75) is 32.6 Å². The molecule has 0 saturated carbocycles. The van der Waals surface area contributed by atoms with E-state index in [1.807, 2.05) is 25.1 Å². The number of aliphatic hydroxyl groups is 1. The van der Waals surface area contributed by atoms with Crippen LogP contribution in [-0.2, 0) is 17.7 Å². The van der Waals surface area contributed by atoms with E-state index < -0.39 is 12.2 Å². The van der Waals surface area contributed by atoms with Crippen LogP contribution in [0.5, 0.6) is 5.75 Å². The van der Waals surface area contributed by atoms with E-state index in [2.05, 4.69) is 20.6 Å². The Morgan fingerprint density at radius 1 is 1.10 bits per heavy atom. The number of aryl methyl sites for hydroxylation is 1. The zero-order chi connectivity index (χ0) is 28.5. The number of aromatic nitrogens is 4. The van der Waals surface area contributed by atoms with E-state index in [0.717, 1.165) is 6.42 Å². The Bertz CT molecular complexity index is 1840. The Balaban J connectivity index is 0.00000353. The van der Waals surface area contributed by atoms with Gasteiger partial charge in [-0.05, 0) is 53.4 Å². The Morgan fingerprint density at radius 3 is 2.52 bits per heavy atom. The average Bonchev–Trinajstić information content (AvgIpc) is 3.65. The van der Waals surface area contributed by atoms with Crippen LogP contribution in [-0.4, -0.2) is 43.6 Å². The molecule has 6 rings (SSSR count). The molecule has 2 N–H and O–H groups in total. The van der Waals surface area contributed by atoms with Crippen molar-refractivity contribution in [3.63, 3.8) is 0 Å². The van der Waals surface area contributed by atoms with Crippen molar-refractivity contribution >= 4 is 11.6 Å². The van der Waals surface area contributed by atoms with E-state index in [1.165, 1.54) is 17.0 Å².